The van der Waals surface area contributed by atoms with E-state index in [1.165, 1.54) is 0 Å². The molecule has 2 unspecified atom stereocenters. The quantitative estimate of drug-likeness (QED) is 0.772. The van der Waals surface area contributed by atoms with E-state index in [0.717, 1.165) is 19.4 Å². The van der Waals surface area contributed by atoms with Gasteiger partial charge in [-0.1, -0.05) is 13.8 Å². The van der Waals surface area contributed by atoms with E-state index in [1.807, 2.05) is 13.8 Å². The summed E-state index contributed by atoms with van der Waals surface area (Å²) in [6.45, 7) is 7.87. The Morgan fingerprint density at radius 3 is 2.79 bits per heavy atom. The molecule has 19 heavy (non-hydrogen) atoms. The van der Waals surface area contributed by atoms with Crippen molar-refractivity contribution in [2.75, 3.05) is 26.7 Å². The van der Waals surface area contributed by atoms with Gasteiger partial charge in [0, 0.05) is 26.7 Å². The maximum Gasteiger partial charge on any atom is 0.317 e. The molecule has 2 N–H and O–H groups in total. The highest BCUT2D eigenvalue weighted by atomic mass is 16.5. The van der Waals surface area contributed by atoms with Crippen molar-refractivity contribution in [3.8, 4) is 0 Å². The van der Waals surface area contributed by atoms with Crippen molar-refractivity contribution >= 4 is 6.03 Å². The number of carbonyl (C=O) groups excluding carboxylic acids is 1. The van der Waals surface area contributed by atoms with Crippen molar-refractivity contribution in [3.63, 3.8) is 0 Å². The number of likely N-dealkylation sites (N-methyl/N-ethyl adjacent to an activating group) is 1. The number of hydrogen-bond acceptors (Lipinski definition) is 3. The first-order chi connectivity index (χ1) is 8.80. The molecule has 0 aromatic carbocycles. The van der Waals surface area contributed by atoms with Gasteiger partial charge in [0.15, 0.2) is 0 Å². The van der Waals surface area contributed by atoms with Crippen LogP contribution in [-0.4, -0.2) is 55.0 Å². The summed E-state index contributed by atoms with van der Waals surface area (Å²) in [7, 11) is 1.79. The summed E-state index contributed by atoms with van der Waals surface area (Å²) in [6.07, 6.45) is 2.62. The Hall–Kier alpha value is -0.810. The summed E-state index contributed by atoms with van der Waals surface area (Å²) >= 11 is 0. The van der Waals surface area contributed by atoms with E-state index in [1.54, 1.807) is 18.9 Å². The summed E-state index contributed by atoms with van der Waals surface area (Å²) in [5.41, 5.74) is -0.103. The number of ether oxygens (including phenoxy) is 1. The van der Waals surface area contributed by atoms with Gasteiger partial charge in [-0.2, -0.15) is 0 Å². The number of rotatable bonds is 6. The normalized spacial score (nSPS) is 21.2. The highest BCUT2D eigenvalue weighted by Gasteiger charge is 2.23. The van der Waals surface area contributed by atoms with E-state index in [0.29, 0.717) is 19.5 Å². The van der Waals surface area contributed by atoms with Crippen LogP contribution in [0.5, 0.6) is 0 Å². The fourth-order valence-electron chi connectivity index (χ4n) is 2.50. The molecule has 5 nitrogen and oxygen atoms in total. The second-order valence-electron chi connectivity index (χ2n) is 6.39. The lowest BCUT2D eigenvalue weighted by molar-refractivity contribution is 0.0862. The Morgan fingerprint density at radius 2 is 2.26 bits per heavy atom. The predicted molar refractivity (Wildman–Crippen MR) is 75.1 cm³/mol. The summed E-state index contributed by atoms with van der Waals surface area (Å²) < 4.78 is 5.52. The minimum Gasteiger partial charge on any atom is -0.393 e. The van der Waals surface area contributed by atoms with E-state index < -0.39 is 0 Å². The van der Waals surface area contributed by atoms with E-state index in [4.69, 9.17) is 4.74 Å². The van der Waals surface area contributed by atoms with E-state index >= 15 is 0 Å². The second-order valence-corrected chi connectivity index (χ2v) is 6.39. The molecule has 1 saturated heterocycles. The third kappa shape index (κ3) is 6.25. The Labute approximate surface area is 116 Å². The predicted octanol–water partition coefficient (Wildman–Crippen LogP) is 1.60. The van der Waals surface area contributed by atoms with E-state index in [-0.39, 0.29) is 23.7 Å². The van der Waals surface area contributed by atoms with Crippen LogP contribution in [0.25, 0.3) is 0 Å². The fourth-order valence-corrected chi connectivity index (χ4v) is 2.50. The van der Waals surface area contributed by atoms with Crippen LogP contribution in [0, 0.1) is 5.41 Å². The van der Waals surface area contributed by atoms with Crippen molar-refractivity contribution in [3.05, 3.63) is 0 Å². The van der Waals surface area contributed by atoms with Crippen molar-refractivity contribution < 1.29 is 14.6 Å². The molecular formula is C14H28N2O3. The zero-order valence-electron chi connectivity index (χ0n) is 12.6. The van der Waals surface area contributed by atoms with Gasteiger partial charge in [0.25, 0.3) is 0 Å². The van der Waals surface area contributed by atoms with Crippen molar-refractivity contribution in [1.82, 2.24) is 10.2 Å². The summed E-state index contributed by atoms with van der Waals surface area (Å²) in [4.78, 5) is 13.6. The number of urea groups is 1. The van der Waals surface area contributed by atoms with Gasteiger partial charge in [0.05, 0.1) is 12.2 Å². The van der Waals surface area contributed by atoms with Gasteiger partial charge < -0.3 is 20.1 Å². The van der Waals surface area contributed by atoms with Gasteiger partial charge in [-0.3, -0.25) is 0 Å². The number of aliphatic hydroxyl groups is 1. The SMILES string of the molecule is CC(O)CC(C)(C)CNC(=O)N(C)CC1CCCO1. The lowest BCUT2D eigenvalue weighted by atomic mass is 9.87. The van der Waals surface area contributed by atoms with E-state index in [2.05, 4.69) is 5.32 Å². The van der Waals surface area contributed by atoms with Gasteiger partial charge in [-0.05, 0) is 31.6 Å². The van der Waals surface area contributed by atoms with Crippen LogP contribution < -0.4 is 5.32 Å². The second kappa shape index (κ2) is 7.10. The van der Waals surface area contributed by atoms with Crippen LogP contribution in [0.4, 0.5) is 4.79 Å². The lowest BCUT2D eigenvalue weighted by Crippen LogP contribution is -2.44. The molecule has 1 fully saturated rings. The maximum absolute atomic E-state index is 12.0. The molecule has 1 aliphatic heterocycles. The maximum atomic E-state index is 12.0. The van der Waals surface area contributed by atoms with Crippen molar-refractivity contribution in [1.29, 1.82) is 0 Å². The highest BCUT2D eigenvalue weighted by molar-refractivity contribution is 5.73. The Bertz CT molecular complexity index is 286. The lowest BCUT2D eigenvalue weighted by Gasteiger charge is -2.28. The monoisotopic (exact) mass is 272 g/mol. The van der Waals surface area contributed by atoms with Gasteiger partial charge in [0.2, 0.25) is 0 Å². The molecule has 0 radical (unpaired) electrons. The van der Waals surface area contributed by atoms with Gasteiger partial charge in [-0.25, -0.2) is 4.79 Å². The molecule has 2 atom stereocenters. The molecular weight excluding hydrogens is 244 g/mol. The largest absolute Gasteiger partial charge is 0.393 e. The molecule has 1 heterocycles. The molecule has 112 valence electrons. The standard InChI is InChI=1S/C14H28N2O3/c1-11(17)8-14(2,3)10-15-13(18)16(4)9-12-6-5-7-19-12/h11-12,17H,5-10H2,1-4H3,(H,15,18). The molecule has 1 aliphatic rings. The summed E-state index contributed by atoms with van der Waals surface area (Å²) in [6, 6.07) is -0.0748. The Balaban J connectivity index is 2.29. The molecule has 5 heteroatoms. The third-order valence-electron chi connectivity index (χ3n) is 3.41. The minimum atomic E-state index is -0.350. The molecule has 2 amide bonds. The molecule has 1 rings (SSSR count). The smallest absolute Gasteiger partial charge is 0.317 e. The number of aliphatic hydroxyl groups excluding tert-OH is 1. The number of hydrogen-bond donors (Lipinski definition) is 2. The first-order valence-electron chi connectivity index (χ1n) is 7.09. The first kappa shape index (κ1) is 16.2. The molecule has 0 aliphatic carbocycles. The van der Waals surface area contributed by atoms with Gasteiger partial charge in [-0.15, -0.1) is 0 Å². The van der Waals surface area contributed by atoms with Crippen LogP contribution in [-0.2, 0) is 4.74 Å². The fraction of sp³-hybridized carbons (Fsp3) is 0.929. The van der Waals surface area contributed by atoms with Gasteiger partial charge in [0.1, 0.15) is 0 Å². The third-order valence-corrected chi connectivity index (χ3v) is 3.41. The van der Waals surface area contributed by atoms with Crippen LogP contribution in [0.3, 0.4) is 0 Å². The Morgan fingerprint density at radius 1 is 1.58 bits per heavy atom. The average Bonchev–Trinajstić information content (AvgIpc) is 2.76. The van der Waals surface area contributed by atoms with Crippen LogP contribution in [0.1, 0.15) is 40.0 Å². The molecule has 0 saturated carbocycles. The number of carbonyl (C=O) groups is 1. The minimum absolute atomic E-state index is 0.0748. The first-order valence-corrected chi connectivity index (χ1v) is 7.09. The zero-order chi connectivity index (χ0) is 14.5. The molecule has 0 bridgehead atoms. The highest BCUT2D eigenvalue weighted by Crippen LogP contribution is 2.21. The summed E-state index contributed by atoms with van der Waals surface area (Å²) in [5.74, 6) is 0. The van der Waals surface area contributed by atoms with Crippen molar-refractivity contribution in [2.45, 2.75) is 52.2 Å². The topological polar surface area (TPSA) is 61.8 Å². The van der Waals surface area contributed by atoms with E-state index in [9.17, 15) is 9.90 Å². The summed E-state index contributed by atoms with van der Waals surface area (Å²) in [5, 5.41) is 12.3. The van der Waals surface area contributed by atoms with Crippen molar-refractivity contribution in [2.24, 2.45) is 5.41 Å². The van der Waals surface area contributed by atoms with Crippen LogP contribution >= 0.6 is 0 Å². The zero-order valence-corrected chi connectivity index (χ0v) is 12.6. The average molecular weight is 272 g/mol. The number of nitrogens with zero attached hydrogens (tertiary/aromatic N) is 1. The molecule has 0 spiro atoms. The molecule has 0 aromatic heterocycles. The Kier molecular flexibility index (Phi) is 6.07. The number of nitrogens with one attached hydrogen (secondary N) is 1. The molecule has 0 aromatic rings. The van der Waals surface area contributed by atoms with Crippen LogP contribution in [0.2, 0.25) is 0 Å². The van der Waals surface area contributed by atoms with Crippen LogP contribution in [0.15, 0.2) is 0 Å². The number of amides is 2. The van der Waals surface area contributed by atoms with Gasteiger partial charge >= 0.3 is 6.03 Å².